The molecule has 0 bridgehead atoms. The van der Waals surface area contributed by atoms with Crippen molar-refractivity contribution in [2.75, 3.05) is 0 Å². The maximum absolute atomic E-state index is 4.72. The average Bonchev–Trinajstić information content (AvgIpc) is 3.26. The van der Waals surface area contributed by atoms with Gasteiger partial charge in [-0.2, -0.15) is 0 Å². The first-order valence-electron chi connectivity index (χ1n) is 6.92. The van der Waals surface area contributed by atoms with Crippen molar-refractivity contribution in [2.24, 2.45) is 0 Å². The number of thiazole rings is 2. The van der Waals surface area contributed by atoms with Crippen LogP contribution < -0.4 is 0 Å². The molecule has 0 spiro atoms. The van der Waals surface area contributed by atoms with Gasteiger partial charge >= 0.3 is 0 Å². The number of aromatic nitrogens is 2. The van der Waals surface area contributed by atoms with Gasteiger partial charge in [0.2, 0.25) is 0 Å². The molecule has 2 aromatic carbocycles. The van der Waals surface area contributed by atoms with Crippen molar-refractivity contribution < 1.29 is 0 Å². The van der Waals surface area contributed by atoms with Crippen LogP contribution in [0.2, 0.25) is 0 Å². The normalized spacial score (nSPS) is 10.7. The zero-order valence-corrected chi connectivity index (χ0v) is 13.3. The first kappa shape index (κ1) is 13.4. The highest BCUT2D eigenvalue weighted by molar-refractivity contribution is 7.15. The second kappa shape index (κ2) is 5.83. The molecule has 0 aliphatic rings. The van der Waals surface area contributed by atoms with Crippen LogP contribution in [-0.2, 0) is 0 Å². The van der Waals surface area contributed by atoms with E-state index in [9.17, 15) is 0 Å². The Morgan fingerprint density at radius 2 is 1.09 bits per heavy atom. The Bertz CT molecular complexity index is 804. The summed E-state index contributed by atoms with van der Waals surface area (Å²) in [4.78, 5) is 9.44. The molecule has 0 atom stereocenters. The smallest absolute Gasteiger partial charge is 0.143 e. The lowest BCUT2D eigenvalue weighted by Crippen LogP contribution is -1.80. The molecule has 106 valence electrons. The Morgan fingerprint density at radius 3 is 1.82 bits per heavy atom. The minimum atomic E-state index is 0.955. The molecule has 0 aliphatic heterocycles. The molecule has 0 saturated carbocycles. The van der Waals surface area contributed by atoms with E-state index in [2.05, 4.69) is 35.0 Å². The van der Waals surface area contributed by atoms with Crippen molar-refractivity contribution in [1.29, 1.82) is 0 Å². The van der Waals surface area contributed by atoms with Gasteiger partial charge in [0.05, 0.1) is 5.69 Å². The zero-order valence-electron chi connectivity index (χ0n) is 11.6. The molecule has 0 radical (unpaired) electrons. The Balaban J connectivity index is 1.66. The maximum atomic E-state index is 4.72. The molecule has 4 heteroatoms. The Morgan fingerprint density at radius 1 is 0.545 bits per heavy atom. The summed E-state index contributed by atoms with van der Waals surface area (Å²) in [6.07, 6.45) is 0. The van der Waals surface area contributed by atoms with Gasteiger partial charge in [-0.15, -0.1) is 22.7 Å². The van der Waals surface area contributed by atoms with Gasteiger partial charge in [-0.1, -0.05) is 60.7 Å². The number of rotatable bonds is 3. The largest absolute Gasteiger partial charge is 0.234 e. The molecule has 4 rings (SSSR count). The van der Waals surface area contributed by atoms with E-state index < -0.39 is 0 Å². The van der Waals surface area contributed by atoms with Gasteiger partial charge in [0.1, 0.15) is 15.7 Å². The minimum absolute atomic E-state index is 0.955. The third kappa shape index (κ3) is 2.58. The summed E-state index contributed by atoms with van der Waals surface area (Å²) in [6.45, 7) is 0. The second-order valence-corrected chi connectivity index (χ2v) is 6.52. The SMILES string of the molecule is c1ccc(-c2csc(-c3csc(-c4ccccc4)n3)n2)cc1. The van der Waals surface area contributed by atoms with Gasteiger partial charge in [0.15, 0.2) is 0 Å². The highest BCUT2D eigenvalue weighted by atomic mass is 32.1. The third-order valence-corrected chi connectivity index (χ3v) is 5.07. The monoisotopic (exact) mass is 320 g/mol. The summed E-state index contributed by atoms with van der Waals surface area (Å²) >= 11 is 3.30. The quantitative estimate of drug-likeness (QED) is 0.491. The van der Waals surface area contributed by atoms with Crippen LogP contribution in [0.25, 0.3) is 32.5 Å². The molecular formula is C18H12N2S2. The predicted octanol–water partition coefficient (Wildman–Crippen LogP) is 5.60. The van der Waals surface area contributed by atoms with Crippen LogP contribution in [0, 0.1) is 0 Å². The molecule has 0 N–H and O–H groups in total. The lowest BCUT2D eigenvalue weighted by Gasteiger charge is -1.94. The maximum Gasteiger partial charge on any atom is 0.143 e. The van der Waals surface area contributed by atoms with E-state index in [0.717, 1.165) is 32.5 Å². The lowest BCUT2D eigenvalue weighted by molar-refractivity contribution is 1.34. The highest BCUT2D eigenvalue weighted by Gasteiger charge is 2.11. The summed E-state index contributed by atoms with van der Waals surface area (Å²) in [6, 6.07) is 20.5. The van der Waals surface area contributed by atoms with Gasteiger partial charge in [-0.05, 0) is 0 Å². The standard InChI is InChI=1S/C18H12N2S2/c1-3-7-13(8-4-1)15-11-22-18(19-15)16-12-21-17(20-16)14-9-5-2-6-10-14/h1-12H. The Kier molecular flexibility index (Phi) is 3.54. The summed E-state index contributed by atoms with van der Waals surface area (Å²) in [7, 11) is 0. The fourth-order valence-electron chi connectivity index (χ4n) is 2.22. The van der Waals surface area contributed by atoms with E-state index in [4.69, 9.17) is 9.97 Å². The molecule has 2 heterocycles. The van der Waals surface area contributed by atoms with Crippen molar-refractivity contribution in [3.8, 4) is 32.5 Å². The van der Waals surface area contributed by atoms with Crippen LogP contribution in [-0.4, -0.2) is 9.97 Å². The summed E-state index contributed by atoms with van der Waals surface area (Å²) in [5, 5.41) is 6.17. The van der Waals surface area contributed by atoms with Crippen molar-refractivity contribution in [3.63, 3.8) is 0 Å². The molecule has 4 aromatic rings. The van der Waals surface area contributed by atoms with Crippen LogP contribution in [0.3, 0.4) is 0 Å². The van der Waals surface area contributed by atoms with Crippen molar-refractivity contribution >= 4 is 22.7 Å². The van der Waals surface area contributed by atoms with E-state index in [1.807, 2.05) is 36.4 Å². The van der Waals surface area contributed by atoms with Crippen molar-refractivity contribution in [1.82, 2.24) is 9.97 Å². The van der Waals surface area contributed by atoms with Gasteiger partial charge < -0.3 is 0 Å². The summed E-state index contributed by atoms with van der Waals surface area (Å²) < 4.78 is 0. The molecule has 2 nitrogen and oxygen atoms in total. The Labute approximate surface area is 136 Å². The van der Waals surface area contributed by atoms with E-state index in [1.54, 1.807) is 22.7 Å². The van der Waals surface area contributed by atoms with Gasteiger partial charge in [-0.25, -0.2) is 9.97 Å². The van der Waals surface area contributed by atoms with Crippen LogP contribution in [0.1, 0.15) is 0 Å². The molecule has 22 heavy (non-hydrogen) atoms. The van der Waals surface area contributed by atoms with E-state index in [-0.39, 0.29) is 0 Å². The van der Waals surface area contributed by atoms with E-state index in [1.165, 1.54) is 0 Å². The second-order valence-electron chi connectivity index (χ2n) is 4.81. The summed E-state index contributed by atoms with van der Waals surface area (Å²) in [5.41, 5.74) is 4.26. The molecule has 0 unspecified atom stereocenters. The number of benzene rings is 2. The minimum Gasteiger partial charge on any atom is -0.234 e. The number of nitrogens with zero attached hydrogens (tertiary/aromatic N) is 2. The molecule has 0 saturated heterocycles. The molecule has 0 amide bonds. The third-order valence-electron chi connectivity index (χ3n) is 3.32. The van der Waals surface area contributed by atoms with Gasteiger partial charge in [0, 0.05) is 21.9 Å². The number of hydrogen-bond donors (Lipinski definition) is 0. The fraction of sp³-hybridized carbons (Fsp3) is 0. The molecule has 2 aromatic heterocycles. The van der Waals surface area contributed by atoms with Crippen molar-refractivity contribution in [3.05, 3.63) is 71.4 Å². The van der Waals surface area contributed by atoms with Gasteiger partial charge in [-0.3, -0.25) is 0 Å². The highest BCUT2D eigenvalue weighted by Crippen LogP contribution is 2.32. The lowest BCUT2D eigenvalue weighted by atomic mass is 10.2. The fourth-order valence-corrected chi connectivity index (χ4v) is 3.89. The van der Waals surface area contributed by atoms with E-state index >= 15 is 0 Å². The van der Waals surface area contributed by atoms with Crippen LogP contribution in [0.15, 0.2) is 71.4 Å². The molecule has 0 aliphatic carbocycles. The summed E-state index contributed by atoms with van der Waals surface area (Å²) in [5.74, 6) is 0. The van der Waals surface area contributed by atoms with Crippen molar-refractivity contribution in [2.45, 2.75) is 0 Å². The first-order valence-corrected chi connectivity index (χ1v) is 8.68. The topological polar surface area (TPSA) is 25.8 Å². The molecular weight excluding hydrogens is 308 g/mol. The number of hydrogen-bond acceptors (Lipinski definition) is 4. The van der Waals surface area contributed by atoms with Gasteiger partial charge in [0.25, 0.3) is 0 Å². The van der Waals surface area contributed by atoms with Crippen LogP contribution in [0.4, 0.5) is 0 Å². The van der Waals surface area contributed by atoms with Crippen LogP contribution in [0.5, 0.6) is 0 Å². The Hall–Kier alpha value is -2.30. The zero-order chi connectivity index (χ0) is 14.8. The average molecular weight is 320 g/mol. The molecule has 0 fully saturated rings. The first-order chi connectivity index (χ1) is 10.9. The predicted molar refractivity (Wildman–Crippen MR) is 94.1 cm³/mol. The van der Waals surface area contributed by atoms with Crippen LogP contribution >= 0.6 is 22.7 Å². The van der Waals surface area contributed by atoms with E-state index in [0.29, 0.717) is 0 Å².